The van der Waals surface area contributed by atoms with Crippen molar-refractivity contribution in [2.75, 3.05) is 23.3 Å². The van der Waals surface area contributed by atoms with Gasteiger partial charge in [-0.3, -0.25) is 4.99 Å². The molecule has 3 aromatic carbocycles. The molecule has 1 aliphatic heterocycles. The van der Waals surface area contributed by atoms with E-state index in [4.69, 9.17) is 4.74 Å². The molecule has 0 amide bonds. The van der Waals surface area contributed by atoms with Crippen LogP contribution in [0.1, 0.15) is 12.5 Å². The van der Waals surface area contributed by atoms with Gasteiger partial charge in [-0.25, -0.2) is 14.8 Å². The van der Waals surface area contributed by atoms with E-state index in [9.17, 15) is 9.90 Å². The molecule has 3 N–H and O–H groups in total. The van der Waals surface area contributed by atoms with Crippen LogP contribution in [0.4, 0.5) is 17.2 Å². The fourth-order valence-corrected chi connectivity index (χ4v) is 4.09. The highest BCUT2D eigenvalue weighted by molar-refractivity contribution is 5.94. The van der Waals surface area contributed by atoms with Gasteiger partial charge in [0.2, 0.25) is 0 Å². The van der Waals surface area contributed by atoms with E-state index in [1.54, 1.807) is 17.9 Å². The lowest BCUT2D eigenvalue weighted by atomic mass is 10.1. The first-order valence-corrected chi connectivity index (χ1v) is 12.3. The molecule has 0 bridgehead atoms. The van der Waals surface area contributed by atoms with Gasteiger partial charge in [-0.1, -0.05) is 30.3 Å². The van der Waals surface area contributed by atoms with Gasteiger partial charge in [0.1, 0.15) is 30.5 Å². The Kier molecular flexibility index (Phi) is 7.44. The smallest absolute Gasteiger partial charge is 0.326 e. The normalized spacial score (nSPS) is 13.2. The number of aromatic nitrogens is 2. The van der Waals surface area contributed by atoms with Crippen LogP contribution >= 0.6 is 0 Å². The molecule has 1 aromatic heterocycles. The molecule has 0 saturated heterocycles. The summed E-state index contributed by atoms with van der Waals surface area (Å²) in [5.41, 5.74) is 4.19. The Hall–Kier alpha value is -4.92. The van der Waals surface area contributed by atoms with Gasteiger partial charge in [-0.15, -0.1) is 0 Å². The van der Waals surface area contributed by atoms with Crippen LogP contribution in [0.15, 0.2) is 96.2 Å². The van der Waals surface area contributed by atoms with Crippen LogP contribution in [0, 0.1) is 0 Å². The summed E-state index contributed by atoms with van der Waals surface area (Å²) in [6.45, 7) is 3.67. The summed E-state index contributed by atoms with van der Waals surface area (Å²) in [5, 5.41) is 16.2. The maximum atomic E-state index is 12.0. The third-order valence-electron chi connectivity index (χ3n) is 6.12. The third kappa shape index (κ3) is 5.89. The first-order valence-electron chi connectivity index (χ1n) is 12.3. The van der Waals surface area contributed by atoms with Crippen molar-refractivity contribution in [1.82, 2.24) is 15.3 Å². The van der Waals surface area contributed by atoms with E-state index in [-0.39, 0.29) is 0 Å². The van der Waals surface area contributed by atoms with Crippen molar-refractivity contribution in [3.05, 3.63) is 96.8 Å². The van der Waals surface area contributed by atoms with Crippen LogP contribution < -0.4 is 20.3 Å². The molecule has 5 rings (SSSR count). The fraction of sp³-hybridized carbons (Fsp3) is 0.172. The lowest BCUT2D eigenvalue weighted by Gasteiger charge is -2.28. The largest absolute Gasteiger partial charge is 0.489 e. The molecule has 0 fully saturated rings. The Bertz CT molecular complexity index is 1410. The number of ether oxygens (including phenoxy) is 1. The zero-order chi connectivity index (χ0) is 26.3. The van der Waals surface area contributed by atoms with Crippen molar-refractivity contribution >= 4 is 29.1 Å². The average molecular weight is 509 g/mol. The van der Waals surface area contributed by atoms with Gasteiger partial charge in [-0.2, -0.15) is 0 Å². The number of benzene rings is 3. The van der Waals surface area contributed by atoms with Crippen LogP contribution in [0.2, 0.25) is 0 Å². The van der Waals surface area contributed by atoms with Crippen molar-refractivity contribution in [2.45, 2.75) is 19.6 Å². The van der Waals surface area contributed by atoms with Crippen LogP contribution in [-0.4, -0.2) is 46.1 Å². The van der Waals surface area contributed by atoms with Gasteiger partial charge < -0.3 is 25.4 Å². The average Bonchev–Trinajstić information content (AvgIpc) is 3.47. The maximum absolute atomic E-state index is 12.0. The van der Waals surface area contributed by atoms with Crippen molar-refractivity contribution < 1.29 is 14.6 Å². The number of hydrogen-bond donors (Lipinski definition) is 3. The van der Waals surface area contributed by atoms with E-state index in [2.05, 4.69) is 25.6 Å². The molecule has 0 radical (unpaired) electrons. The zero-order valence-corrected chi connectivity index (χ0v) is 20.9. The fourth-order valence-electron chi connectivity index (χ4n) is 4.09. The molecule has 1 atom stereocenters. The van der Waals surface area contributed by atoms with Crippen molar-refractivity contribution in [3.63, 3.8) is 0 Å². The van der Waals surface area contributed by atoms with Gasteiger partial charge in [0.05, 0.1) is 12.2 Å². The quantitative estimate of drug-likeness (QED) is 0.298. The lowest BCUT2D eigenvalue weighted by molar-refractivity contribution is -0.138. The number of anilines is 3. The Morgan fingerprint density at radius 3 is 2.50 bits per heavy atom. The standard InChI is InChI=1S/C29H28N6O3/c1-20(28(36)37)35(24-11-9-23(10-12-24)34-29-30-15-16-31-29)27-17-26(32-19-33-27)22-7-13-25(14-8-22)38-18-21-5-3-2-4-6-21/h2-14,17,19-20H,15-16,18H2,1H3,(H,36,37)(H2,30,31,34)/t20-/m0/s1. The number of carboxylic acids is 1. The Labute approximate surface area is 220 Å². The van der Waals surface area contributed by atoms with E-state index in [0.29, 0.717) is 23.8 Å². The predicted molar refractivity (Wildman–Crippen MR) is 148 cm³/mol. The molecule has 0 aliphatic carbocycles. The second-order valence-corrected chi connectivity index (χ2v) is 8.77. The van der Waals surface area contributed by atoms with Crippen LogP contribution in [0.3, 0.4) is 0 Å². The Morgan fingerprint density at radius 2 is 1.82 bits per heavy atom. The number of aliphatic carboxylic acids is 1. The minimum Gasteiger partial charge on any atom is -0.489 e. The van der Waals surface area contributed by atoms with E-state index in [1.807, 2.05) is 78.9 Å². The molecular weight excluding hydrogens is 480 g/mol. The second-order valence-electron chi connectivity index (χ2n) is 8.77. The molecule has 0 unspecified atom stereocenters. The Morgan fingerprint density at radius 1 is 1.05 bits per heavy atom. The molecule has 2 heterocycles. The Balaban J connectivity index is 1.35. The van der Waals surface area contributed by atoms with Gasteiger partial charge in [0, 0.05) is 29.5 Å². The molecule has 9 heteroatoms. The number of aliphatic imine (C=N–C) groups is 1. The summed E-state index contributed by atoms with van der Waals surface area (Å²) < 4.78 is 5.89. The van der Waals surface area contributed by atoms with Crippen molar-refractivity contribution in [2.24, 2.45) is 4.99 Å². The summed E-state index contributed by atoms with van der Waals surface area (Å²) in [6, 6.07) is 26.1. The highest BCUT2D eigenvalue weighted by atomic mass is 16.5. The number of carbonyl (C=O) groups is 1. The molecule has 9 nitrogen and oxygen atoms in total. The molecule has 1 aliphatic rings. The molecule has 0 saturated carbocycles. The summed E-state index contributed by atoms with van der Waals surface area (Å²) in [7, 11) is 0. The van der Waals surface area contributed by atoms with Gasteiger partial charge in [-0.05, 0) is 61.0 Å². The second kappa shape index (κ2) is 11.4. The van der Waals surface area contributed by atoms with Gasteiger partial charge in [0.25, 0.3) is 0 Å². The monoisotopic (exact) mass is 508 g/mol. The highest BCUT2D eigenvalue weighted by Crippen LogP contribution is 2.30. The number of hydrogen-bond acceptors (Lipinski definition) is 8. The first kappa shape index (κ1) is 24.8. The molecule has 0 spiro atoms. The summed E-state index contributed by atoms with van der Waals surface area (Å²) in [6.07, 6.45) is 1.45. The SMILES string of the molecule is C[C@@H](C(=O)O)N(c1ccc(NC2=NCCN2)cc1)c1cc(-c2ccc(OCc3ccccc3)cc2)ncn1. The van der Waals surface area contributed by atoms with Crippen molar-refractivity contribution in [3.8, 4) is 17.0 Å². The minimum atomic E-state index is -0.961. The molecule has 192 valence electrons. The van der Waals surface area contributed by atoms with Crippen LogP contribution in [0.5, 0.6) is 5.75 Å². The van der Waals surface area contributed by atoms with E-state index < -0.39 is 12.0 Å². The summed E-state index contributed by atoms with van der Waals surface area (Å²) in [4.78, 5) is 26.9. The van der Waals surface area contributed by atoms with E-state index in [1.165, 1.54) is 6.33 Å². The minimum absolute atomic E-state index is 0.483. The van der Waals surface area contributed by atoms with Crippen molar-refractivity contribution in [1.29, 1.82) is 0 Å². The predicted octanol–water partition coefficient (Wildman–Crippen LogP) is 4.70. The maximum Gasteiger partial charge on any atom is 0.326 e. The van der Waals surface area contributed by atoms with E-state index >= 15 is 0 Å². The number of nitrogens with zero attached hydrogens (tertiary/aromatic N) is 4. The summed E-state index contributed by atoms with van der Waals surface area (Å²) >= 11 is 0. The number of rotatable bonds is 9. The number of carboxylic acid groups (broad SMARTS) is 1. The molecular formula is C29H28N6O3. The topological polar surface area (TPSA) is 112 Å². The zero-order valence-electron chi connectivity index (χ0n) is 20.9. The molecule has 4 aromatic rings. The first-order chi connectivity index (χ1) is 18.6. The highest BCUT2D eigenvalue weighted by Gasteiger charge is 2.24. The lowest BCUT2D eigenvalue weighted by Crippen LogP contribution is -2.36. The third-order valence-corrected chi connectivity index (χ3v) is 6.12. The number of nitrogens with one attached hydrogen (secondary N) is 2. The van der Waals surface area contributed by atoms with Gasteiger partial charge in [0.15, 0.2) is 5.96 Å². The van der Waals surface area contributed by atoms with Crippen LogP contribution in [-0.2, 0) is 11.4 Å². The van der Waals surface area contributed by atoms with Gasteiger partial charge >= 0.3 is 5.97 Å². The molecule has 38 heavy (non-hydrogen) atoms. The number of guanidine groups is 1. The van der Waals surface area contributed by atoms with Crippen LogP contribution in [0.25, 0.3) is 11.3 Å². The summed E-state index contributed by atoms with van der Waals surface area (Å²) in [5.74, 6) is 1.000. The van der Waals surface area contributed by atoms with E-state index in [0.717, 1.165) is 41.6 Å².